The van der Waals surface area contributed by atoms with E-state index in [1.807, 2.05) is 51.9 Å². The summed E-state index contributed by atoms with van der Waals surface area (Å²) in [7, 11) is 4.02. The van der Waals surface area contributed by atoms with Crippen LogP contribution < -0.4 is 9.47 Å². The number of piperazine rings is 1. The van der Waals surface area contributed by atoms with Crippen LogP contribution in [-0.4, -0.2) is 91.3 Å². The Hall–Kier alpha value is -2.17. The first-order valence-electron chi connectivity index (χ1n) is 13.2. The van der Waals surface area contributed by atoms with Gasteiger partial charge in [0.15, 0.2) is 0 Å². The molecule has 1 amide bonds. The number of carbonyl (C=O) groups is 2. The van der Waals surface area contributed by atoms with Crippen molar-refractivity contribution in [3.63, 3.8) is 0 Å². The van der Waals surface area contributed by atoms with Gasteiger partial charge in [0.1, 0.15) is 18.1 Å². The summed E-state index contributed by atoms with van der Waals surface area (Å²) in [5.41, 5.74) is 1.89. The lowest BCUT2D eigenvalue weighted by molar-refractivity contribution is -0.135. The normalized spacial score (nSPS) is 14.6. The Bertz CT molecular complexity index is 901. The maximum absolute atomic E-state index is 12.6. The third-order valence-corrected chi connectivity index (χ3v) is 6.98. The lowest BCUT2D eigenvalue weighted by Gasteiger charge is -2.37. The van der Waals surface area contributed by atoms with E-state index in [1.165, 1.54) is 0 Å². The molecule has 0 saturated carbocycles. The molecule has 2 rings (SSSR count). The molecule has 0 atom stereocenters. The molecule has 0 aromatic heterocycles. The third-order valence-electron chi connectivity index (χ3n) is 6.28. The molecular weight excluding hydrogens is 492 g/mol. The van der Waals surface area contributed by atoms with Gasteiger partial charge in [0, 0.05) is 73.4 Å². The van der Waals surface area contributed by atoms with Crippen LogP contribution in [0.1, 0.15) is 57.6 Å². The number of benzene rings is 1. The molecule has 0 radical (unpaired) electrons. The summed E-state index contributed by atoms with van der Waals surface area (Å²) in [4.78, 5) is 41.9. The number of amides is 1. The second-order valence-corrected chi connectivity index (χ2v) is 12.0. The first-order valence-corrected chi connectivity index (χ1v) is 13.9. The highest BCUT2D eigenvalue weighted by Gasteiger charge is 2.27. The quantitative estimate of drug-likeness (QED) is 0.142. The van der Waals surface area contributed by atoms with Crippen LogP contribution in [0.15, 0.2) is 16.7 Å². The Morgan fingerprint density at radius 1 is 1.11 bits per heavy atom. The number of nitroso groups, excluding NO2 is 1. The van der Waals surface area contributed by atoms with E-state index < -0.39 is 0 Å². The predicted octanol–water partition coefficient (Wildman–Crippen LogP) is 4.30. The van der Waals surface area contributed by atoms with E-state index in [-0.39, 0.29) is 23.0 Å². The summed E-state index contributed by atoms with van der Waals surface area (Å²) in [5.74, 6) is 1.14. The van der Waals surface area contributed by atoms with Gasteiger partial charge in [-0.1, -0.05) is 13.3 Å². The van der Waals surface area contributed by atoms with E-state index in [4.69, 9.17) is 9.47 Å². The molecule has 10 heteroatoms. The van der Waals surface area contributed by atoms with E-state index in [0.29, 0.717) is 38.3 Å². The zero-order valence-corrected chi connectivity index (χ0v) is 24.2. The number of rotatable bonds is 15. The highest BCUT2D eigenvalue weighted by molar-refractivity contribution is 7.99. The monoisotopic (exact) mass is 536 g/mol. The highest BCUT2D eigenvalue weighted by atomic mass is 32.2. The minimum absolute atomic E-state index is 0.0660. The number of ether oxygens (including phenoxy) is 2. The van der Waals surface area contributed by atoms with Gasteiger partial charge in [0.2, 0.25) is 5.91 Å². The number of aryl methyl sites for hydroxylation is 2. The summed E-state index contributed by atoms with van der Waals surface area (Å²) >= 11 is 1.05. The summed E-state index contributed by atoms with van der Waals surface area (Å²) in [6, 6.07) is 3.86. The number of likely N-dealkylation sites (N-methyl/N-ethyl adjacent to an activating group) is 1. The Balaban J connectivity index is 1.80. The Labute approximate surface area is 226 Å². The molecule has 1 heterocycles. The molecule has 0 spiro atoms. The molecular formula is C27H44N4O5S. The first kappa shape index (κ1) is 31.1. The molecule has 1 aliphatic rings. The van der Waals surface area contributed by atoms with E-state index in [2.05, 4.69) is 21.3 Å². The SMILES string of the molecule is CCCc1cc(OC(=O)CCCC(=O)N2CCN(CC(C)(C)SN=O)CC2)c(C)cc1OCCN(C)C. The molecule has 1 aliphatic heterocycles. The minimum Gasteiger partial charge on any atom is -0.492 e. The van der Waals surface area contributed by atoms with Crippen LogP contribution in [0, 0.1) is 11.8 Å². The third kappa shape index (κ3) is 11.0. The molecule has 0 unspecified atom stereocenters. The first-order chi connectivity index (χ1) is 17.5. The Morgan fingerprint density at radius 3 is 2.43 bits per heavy atom. The smallest absolute Gasteiger partial charge is 0.311 e. The number of hydrogen-bond acceptors (Lipinski definition) is 9. The number of hydrogen-bond donors (Lipinski definition) is 0. The standard InChI is InChI=1S/C27H44N4O5S/c1-7-9-22-19-23(21(2)18-24(22)35-17-16-29(5)6)36-26(33)11-8-10-25(32)31-14-12-30(13-15-31)20-27(3,4)37-28-34/h18-19H,7-17,20H2,1-6H3. The second kappa shape index (κ2) is 15.3. The topological polar surface area (TPSA) is 91.8 Å². The van der Waals surface area contributed by atoms with Gasteiger partial charge < -0.3 is 19.3 Å². The fourth-order valence-electron chi connectivity index (χ4n) is 4.29. The van der Waals surface area contributed by atoms with Crippen LogP contribution in [-0.2, 0) is 16.0 Å². The minimum atomic E-state index is -0.326. The van der Waals surface area contributed by atoms with Crippen LogP contribution in [0.5, 0.6) is 11.5 Å². The van der Waals surface area contributed by atoms with Crippen molar-refractivity contribution in [1.29, 1.82) is 0 Å². The van der Waals surface area contributed by atoms with Crippen molar-refractivity contribution in [1.82, 2.24) is 14.7 Å². The van der Waals surface area contributed by atoms with Gasteiger partial charge in [0.25, 0.3) is 0 Å². The molecule has 1 aromatic rings. The van der Waals surface area contributed by atoms with Crippen molar-refractivity contribution in [2.24, 2.45) is 4.58 Å². The van der Waals surface area contributed by atoms with Crippen molar-refractivity contribution in [2.75, 3.05) is 60.0 Å². The molecule has 1 aromatic carbocycles. The highest BCUT2D eigenvalue weighted by Crippen LogP contribution is 2.30. The zero-order valence-electron chi connectivity index (χ0n) is 23.4. The maximum atomic E-state index is 12.6. The van der Waals surface area contributed by atoms with Gasteiger partial charge in [-0.2, -0.15) is 0 Å². The number of nitrogens with zero attached hydrogens (tertiary/aromatic N) is 4. The number of esters is 1. The lowest BCUT2D eigenvalue weighted by Crippen LogP contribution is -2.51. The van der Waals surface area contributed by atoms with Crippen molar-refractivity contribution in [2.45, 2.75) is 64.5 Å². The van der Waals surface area contributed by atoms with E-state index >= 15 is 0 Å². The van der Waals surface area contributed by atoms with Crippen LogP contribution in [0.2, 0.25) is 0 Å². The van der Waals surface area contributed by atoms with Crippen LogP contribution in [0.4, 0.5) is 0 Å². The molecule has 37 heavy (non-hydrogen) atoms. The zero-order chi connectivity index (χ0) is 27.4. The van der Waals surface area contributed by atoms with Crippen LogP contribution in [0.25, 0.3) is 0 Å². The Morgan fingerprint density at radius 2 is 1.81 bits per heavy atom. The molecule has 0 aliphatic carbocycles. The van der Waals surface area contributed by atoms with Gasteiger partial charge in [-0.25, -0.2) is 0 Å². The molecule has 1 fully saturated rings. The van der Waals surface area contributed by atoms with E-state index in [0.717, 1.165) is 67.8 Å². The molecule has 0 N–H and O–H groups in total. The van der Waals surface area contributed by atoms with Crippen LogP contribution in [0.3, 0.4) is 0 Å². The van der Waals surface area contributed by atoms with E-state index in [9.17, 15) is 14.5 Å². The van der Waals surface area contributed by atoms with E-state index in [1.54, 1.807) is 0 Å². The fourth-order valence-corrected chi connectivity index (χ4v) is 4.73. The fraction of sp³-hybridized carbons (Fsp3) is 0.704. The van der Waals surface area contributed by atoms with Crippen LogP contribution >= 0.6 is 11.9 Å². The summed E-state index contributed by atoms with van der Waals surface area (Å²) < 4.78 is 14.4. The summed E-state index contributed by atoms with van der Waals surface area (Å²) in [5, 5.41) is 0. The van der Waals surface area contributed by atoms with Crippen molar-refractivity contribution in [3.8, 4) is 11.5 Å². The van der Waals surface area contributed by atoms with Gasteiger partial charge in [-0.05, 0) is 71.0 Å². The van der Waals surface area contributed by atoms with Crippen molar-refractivity contribution < 1.29 is 19.1 Å². The summed E-state index contributed by atoms with van der Waals surface area (Å²) in [6.07, 6.45) is 2.78. The predicted molar refractivity (Wildman–Crippen MR) is 149 cm³/mol. The van der Waals surface area contributed by atoms with Gasteiger partial charge in [-0.15, -0.1) is 4.91 Å². The molecule has 208 valence electrons. The molecule has 0 bridgehead atoms. The van der Waals surface area contributed by atoms with Crippen molar-refractivity contribution >= 4 is 23.8 Å². The Kier molecular flexibility index (Phi) is 12.8. The molecule has 1 saturated heterocycles. The largest absolute Gasteiger partial charge is 0.492 e. The van der Waals surface area contributed by atoms with Gasteiger partial charge in [0.05, 0.1) is 0 Å². The summed E-state index contributed by atoms with van der Waals surface area (Å²) in [6.45, 7) is 13.0. The van der Waals surface area contributed by atoms with Gasteiger partial charge >= 0.3 is 5.97 Å². The van der Waals surface area contributed by atoms with Crippen molar-refractivity contribution in [3.05, 3.63) is 28.2 Å². The molecule has 9 nitrogen and oxygen atoms in total. The average Bonchev–Trinajstić information content (AvgIpc) is 2.81. The lowest BCUT2D eigenvalue weighted by atomic mass is 10.1. The van der Waals surface area contributed by atoms with Gasteiger partial charge in [-0.3, -0.25) is 14.5 Å². The number of carbonyl (C=O) groups excluding carboxylic acids is 2. The maximum Gasteiger partial charge on any atom is 0.311 e. The average molecular weight is 537 g/mol. The second-order valence-electron chi connectivity index (χ2n) is 10.5.